The van der Waals surface area contributed by atoms with Gasteiger partial charge in [0, 0.05) is 16.5 Å². The molecular formula is C12H14N2OS. The molecule has 2 rings (SSSR count). The fraction of sp³-hybridized carbons (Fsp3) is 0.333. The molecule has 3 nitrogen and oxygen atoms in total. The Morgan fingerprint density at radius 1 is 1.44 bits per heavy atom. The first kappa shape index (κ1) is 11.2. The van der Waals surface area contributed by atoms with Gasteiger partial charge in [-0.25, -0.2) is 0 Å². The largest absolute Gasteiger partial charge is 0.335 e. The Kier molecular flexibility index (Phi) is 3.29. The zero-order valence-corrected chi connectivity index (χ0v) is 10.2. The van der Waals surface area contributed by atoms with Gasteiger partial charge in [0.25, 0.3) is 0 Å². The van der Waals surface area contributed by atoms with Gasteiger partial charge in [-0.3, -0.25) is 9.79 Å². The van der Waals surface area contributed by atoms with Crippen molar-refractivity contribution in [3.63, 3.8) is 0 Å². The number of nitrogens with one attached hydrogen (secondary N) is 1. The van der Waals surface area contributed by atoms with Crippen LogP contribution in [0.3, 0.4) is 0 Å². The third-order valence-electron chi connectivity index (χ3n) is 2.35. The predicted molar refractivity (Wildman–Crippen MR) is 69.4 cm³/mol. The molecule has 0 saturated carbocycles. The first-order chi connectivity index (χ1) is 7.65. The standard InChI is InChI=1S/C12H14N2OS/c1-8-7-13-12(16-8)14-11-5-3-10(4-6-11)9(2)15/h3-6,8H,7H2,1-2H3,(H,13,14)/t8-/m0/s1. The van der Waals surface area contributed by atoms with Crippen molar-refractivity contribution in [1.29, 1.82) is 0 Å². The third-order valence-corrected chi connectivity index (χ3v) is 3.35. The number of ketones is 1. The van der Waals surface area contributed by atoms with Gasteiger partial charge in [0.05, 0.1) is 6.54 Å². The van der Waals surface area contributed by atoms with Gasteiger partial charge in [0.2, 0.25) is 0 Å². The number of carbonyl (C=O) groups excluding carboxylic acids is 1. The minimum Gasteiger partial charge on any atom is -0.335 e. The van der Waals surface area contributed by atoms with E-state index in [-0.39, 0.29) is 5.78 Å². The molecule has 1 aromatic rings. The van der Waals surface area contributed by atoms with Crippen LogP contribution in [-0.2, 0) is 0 Å². The Bertz CT molecular complexity index is 425. The highest BCUT2D eigenvalue weighted by molar-refractivity contribution is 8.15. The van der Waals surface area contributed by atoms with E-state index in [0.717, 1.165) is 23.0 Å². The van der Waals surface area contributed by atoms with Crippen LogP contribution in [0.4, 0.5) is 5.69 Å². The van der Waals surface area contributed by atoms with Crippen molar-refractivity contribution in [2.24, 2.45) is 4.99 Å². The molecule has 0 radical (unpaired) electrons. The van der Waals surface area contributed by atoms with Gasteiger partial charge in [-0.05, 0) is 31.2 Å². The van der Waals surface area contributed by atoms with Crippen molar-refractivity contribution >= 4 is 28.4 Å². The van der Waals surface area contributed by atoms with E-state index in [4.69, 9.17) is 0 Å². The summed E-state index contributed by atoms with van der Waals surface area (Å²) in [6.45, 7) is 4.60. The fourth-order valence-electron chi connectivity index (χ4n) is 1.46. The summed E-state index contributed by atoms with van der Waals surface area (Å²) >= 11 is 1.74. The number of carbonyl (C=O) groups is 1. The first-order valence-corrected chi connectivity index (χ1v) is 6.12. The molecule has 1 N–H and O–H groups in total. The number of hydrogen-bond donors (Lipinski definition) is 1. The lowest BCUT2D eigenvalue weighted by atomic mass is 10.1. The van der Waals surface area contributed by atoms with Crippen molar-refractivity contribution in [3.05, 3.63) is 29.8 Å². The summed E-state index contributed by atoms with van der Waals surface area (Å²) in [5.74, 6) is 0.0905. The quantitative estimate of drug-likeness (QED) is 0.800. The smallest absolute Gasteiger partial charge is 0.161 e. The summed E-state index contributed by atoms with van der Waals surface area (Å²) in [5.41, 5.74) is 1.71. The van der Waals surface area contributed by atoms with Crippen LogP contribution in [0.15, 0.2) is 29.3 Å². The first-order valence-electron chi connectivity index (χ1n) is 5.24. The molecule has 4 heteroatoms. The summed E-state index contributed by atoms with van der Waals surface area (Å²) in [6.07, 6.45) is 0. The maximum absolute atomic E-state index is 11.1. The Morgan fingerprint density at radius 2 is 2.12 bits per heavy atom. The molecule has 0 saturated heterocycles. The van der Waals surface area contributed by atoms with Gasteiger partial charge in [0.15, 0.2) is 11.0 Å². The minimum atomic E-state index is 0.0905. The van der Waals surface area contributed by atoms with Crippen LogP contribution >= 0.6 is 11.8 Å². The molecule has 1 aromatic carbocycles. The van der Waals surface area contributed by atoms with E-state index in [1.165, 1.54) is 0 Å². The second-order valence-corrected chi connectivity index (χ2v) is 5.26. The molecule has 0 aliphatic carbocycles. The molecular weight excluding hydrogens is 220 g/mol. The van der Waals surface area contributed by atoms with E-state index in [1.54, 1.807) is 18.7 Å². The molecule has 1 heterocycles. The number of Topliss-reactive ketones (excluding diaryl/α,β-unsaturated/α-hetero) is 1. The SMILES string of the molecule is CC(=O)c1ccc(NC2=NC[C@H](C)S2)cc1. The molecule has 0 unspecified atom stereocenters. The Morgan fingerprint density at radius 3 is 2.62 bits per heavy atom. The molecule has 84 valence electrons. The van der Waals surface area contributed by atoms with Crippen LogP contribution in [0, 0.1) is 0 Å². The van der Waals surface area contributed by atoms with Gasteiger partial charge in [-0.15, -0.1) is 0 Å². The van der Waals surface area contributed by atoms with Gasteiger partial charge in [-0.2, -0.15) is 0 Å². The summed E-state index contributed by atoms with van der Waals surface area (Å²) in [7, 11) is 0. The van der Waals surface area contributed by atoms with Crippen molar-refractivity contribution in [2.45, 2.75) is 19.1 Å². The number of hydrogen-bond acceptors (Lipinski definition) is 4. The molecule has 0 fully saturated rings. The van der Waals surface area contributed by atoms with Crippen LogP contribution in [0.5, 0.6) is 0 Å². The van der Waals surface area contributed by atoms with Gasteiger partial charge in [0.1, 0.15) is 0 Å². The van der Waals surface area contributed by atoms with E-state index in [2.05, 4.69) is 17.2 Å². The molecule has 0 aromatic heterocycles. The minimum absolute atomic E-state index is 0.0905. The van der Waals surface area contributed by atoms with Crippen molar-refractivity contribution in [3.8, 4) is 0 Å². The molecule has 0 amide bonds. The monoisotopic (exact) mass is 234 g/mol. The number of benzene rings is 1. The summed E-state index contributed by atoms with van der Waals surface area (Å²) in [5, 5.41) is 4.75. The zero-order valence-electron chi connectivity index (χ0n) is 9.36. The molecule has 1 aliphatic heterocycles. The second kappa shape index (κ2) is 4.70. The number of thioether (sulfide) groups is 1. The van der Waals surface area contributed by atoms with Crippen LogP contribution < -0.4 is 5.32 Å². The van der Waals surface area contributed by atoms with E-state index >= 15 is 0 Å². The molecule has 16 heavy (non-hydrogen) atoms. The maximum atomic E-state index is 11.1. The van der Waals surface area contributed by atoms with E-state index in [0.29, 0.717) is 5.25 Å². The van der Waals surface area contributed by atoms with Crippen LogP contribution in [-0.4, -0.2) is 22.7 Å². The number of aliphatic imine (C=N–C) groups is 1. The van der Waals surface area contributed by atoms with E-state index in [1.807, 2.05) is 24.3 Å². The lowest BCUT2D eigenvalue weighted by molar-refractivity contribution is 0.101. The number of rotatable bonds is 2. The highest BCUT2D eigenvalue weighted by atomic mass is 32.2. The maximum Gasteiger partial charge on any atom is 0.161 e. The van der Waals surface area contributed by atoms with E-state index < -0.39 is 0 Å². The Labute approximate surface area is 99.3 Å². The fourth-order valence-corrected chi connectivity index (χ4v) is 2.31. The van der Waals surface area contributed by atoms with E-state index in [9.17, 15) is 4.79 Å². The normalized spacial score (nSPS) is 19.4. The lowest BCUT2D eigenvalue weighted by Crippen LogP contribution is -2.06. The van der Waals surface area contributed by atoms with Crippen LogP contribution in [0.25, 0.3) is 0 Å². The van der Waals surface area contributed by atoms with Crippen LogP contribution in [0.2, 0.25) is 0 Å². The average Bonchev–Trinajstić information content (AvgIpc) is 2.65. The van der Waals surface area contributed by atoms with Crippen molar-refractivity contribution in [2.75, 3.05) is 11.9 Å². The zero-order chi connectivity index (χ0) is 11.5. The second-order valence-electron chi connectivity index (χ2n) is 3.83. The molecule has 0 spiro atoms. The summed E-state index contributed by atoms with van der Waals surface area (Å²) < 4.78 is 0. The van der Waals surface area contributed by atoms with Crippen LogP contribution in [0.1, 0.15) is 24.2 Å². The van der Waals surface area contributed by atoms with Gasteiger partial charge >= 0.3 is 0 Å². The molecule has 0 bridgehead atoms. The third kappa shape index (κ3) is 2.64. The van der Waals surface area contributed by atoms with Gasteiger partial charge in [-0.1, -0.05) is 18.7 Å². The highest BCUT2D eigenvalue weighted by Crippen LogP contribution is 2.22. The highest BCUT2D eigenvalue weighted by Gasteiger charge is 2.14. The summed E-state index contributed by atoms with van der Waals surface area (Å²) in [4.78, 5) is 15.5. The molecule has 1 aliphatic rings. The summed E-state index contributed by atoms with van der Waals surface area (Å²) in [6, 6.07) is 7.47. The topological polar surface area (TPSA) is 41.5 Å². The number of amidine groups is 1. The Hall–Kier alpha value is -1.29. The Balaban J connectivity index is 2.03. The predicted octanol–water partition coefficient (Wildman–Crippen LogP) is 2.79. The average molecular weight is 234 g/mol. The van der Waals surface area contributed by atoms with Crippen molar-refractivity contribution < 1.29 is 4.79 Å². The lowest BCUT2D eigenvalue weighted by Gasteiger charge is -2.06. The van der Waals surface area contributed by atoms with Gasteiger partial charge < -0.3 is 5.32 Å². The number of nitrogens with zero attached hydrogens (tertiary/aromatic N) is 1. The molecule has 1 atom stereocenters. The number of anilines is 1. The van der Waals surface area contributed by atoms with Crippen molar-refractivity contribution in [1.82, 2.24) is 0 Å².